The monoisotopic (exact) mass is 215 g/mol. The standard InChI is InChI=1S/C10H17NO2S/c11-8-1-2-10(5-8)4-7(6-14-10)3-9(12)13/h7-8H,1-6,11H2,(H,12,13). The normalized spacial score (nSPS) is 42.1. The van der Waals surface area contributed by atoms with Gasteiger partial charge in [0.2, 0.25) is 0 Å². The highest BCUT2D eigenvalue weighted by Crippen LogP contribution is 2.52. The Morgan fingerprint density at radius 2 is 2.36 bits per heavy atom. The van der Waals surface area contributed by atoms with E-state index in [4.69, 9.17) is 10.8 Å². The molecule has 1 heterocycles. The molecule has 1 aliphatic heterocycles. The summed E-state index contributed by atoms with van der Waals surface area (Å²) in [5.41, 5.74) is 5.91. The highest BCUT2D eigenvalue weighted by molar-refractivity contribution is 8.00. The van der Waals surface area contributed by atoms with Crippen LogP contribution in [0.25, 0.3) is 0 Å². The Kier molecular flexibility index (Phi) is 2.75. The molecule has 1 spiro atoms. The lowest BCUT2D eigenvalue weighted by atomic mass is 9.92. The van der Waals surface area contributed by atoms with Gasteiger partial charge in [0.25, 0.3) is 0 Å². The van der Waals surface area contributed by atoms with Crippen LogP contribution in [-0.2, 0) is 4.79 Å². The average Bonchev–Trinajstić information content (AvgIpc) is 2.60. The summed E-state index contributed by atoms with van der Waals surface area (Å²) in [6, 6.07) is 0.353. The van der Waals surface area contributed by atoms with E-state index in [0.29, 0.717) is 23.1 Å². The molecule has 2 rings (SSSR count). The van der Waals surface area contributed by atoms with E-state index in [9.17, 15) is 4.79 Å². The van der Waals surface area contributed by atoms with E-state index in [2.05, 4.69) is 0 Å². The zero-order chi connectivity index (χ0) is 10.2. The Labute approximate surface area is 88.4 Å². The summed E-state index contributed by atoms with van der Waals surface area (Å²) in [7, 11) is 0. The molecule has 4 heteroatoms. The van der Waals surface area contributed by atoms with Crippen LogP contribution in [0.2, 0.25) is 0 Å². The predicted octanol–water partition coefficient (Wildman–Crippen LogP) is 1.46. The van der Waals surface area contributed by atoms with Gasteiger partial charge in [-0.15, -0.1) is 0 Å². The van der Waals surface area contributed by atoms with Gasteiger partial charge in [0.05, 0.1) is 0 Å². The number of rotatable bonds is 2. The van der Waals surface area contributed by atoms with Gasteiger partial charge in [-0.05, 0) is 37.4 Å². The van der Waals surface area contributed by atoms with E-state index in [0.717, 1.165) is 25.0 Å². The SMILES string of the molecule is NC1CCC2(C1)CC(CC(=O)O)CS2. The first-order chi connectivity index (χ1) is 6.60. The Hall–Kier alpha value is -0.220. The largest absolute Gasteiger partial charge is 0.481 e. The molecular formula is C10H17NO2S. The number of thioether (sulfide) groups is 1. The molecule has 3 atom stereocenters. The van der Waals surface area contributed by atoms with Crippen molar-refractivity contribution >= 4 is 17.7 Å². The van der Waals surface area contributed by atoms with E-state index in [1.165, 1.54) is 6.42 Å². The average molecular weight is 215 g/mol. The summed E-state index contributed by atoms with van der Waals surface area (Å²) in [5.74, 6) is 0.733. The maximum Gasteiger partial charge on any atom is 0.303 e. The molecule has 0 radical (unpaired) electrons. The lowest BCUT2D eigenvalue weighted by molar-refractivity contribution is -0.137. The molecule has 2 aliphatic rings. The van der Waals surface area contributed by atoms with E-state index in [-0.39, 0.29) is 0 Å². The number of hydrogen-bond donors (Lipinski definition) is 2. The van der Waals surface area contributed by atoms with Gasteiger partial charge in [0, 0.05) is 17.2 Å². The first-order valence-corrected chi connectivity index (χ1v) is 6.19. The minimum atomic E-state index is -0.657. The van der Waals surface area contributed by atoms with E-state index >= 15 is 0 Å². The van der Waals surface area contributed by atoms with Gasteiger partial charge in [0.15, 0.2) is 0 Å². The number of carbonyl (C=O) groups is 1. The zero-order valence-electron chi connectivity index (χ0n) is 8.24. The van der Waals surface area contributed by atoms with Crippen molar-refractivity contribution in [3.8, 4) is 0 Å². The van der Waals surface area contributed by atoms with Crippen molar-refractivity contribution in [2.24, 2.45) is 11.7 Å². The molecule has 80 valence electrons. The minimum absolute atomic E-state index is 0.337. The Bertz CT molecular complexity index is 246. The molecular weight excluding hydrogens is 198 g/mol. The summed E-state index contributed by atoms with van der Waals surface area (Å²) < 4.78 is 0.347. The molecule has 1 aliphatic carbocycles. The highest BCUT2D eigenvalue weighted by atomic mass is 32.2. The topological polar surface area (TPSA) is 63.3 Å². The Morgan fingerprint density at radius 3 is 2.93 bits per heavy atom. The highest BCUT2D eigenvalue weighted by Gasteiger charge is 2.44. The third kappa shape index (κ3) is 2.06. The number of carboxylic acid groups (broad SMARTS) is 1. The quantitative estimate of drug-likeness (QED) is 0.732. The van der Waals surface area contributed by atoms with Crippen molar-refractivity contribution in [2.75, 3.05) is 5.75 Å². The maximum atomic E-state index is 10.6. The number of nitrogens with two attached hydrogens (primary N) is 1. The molecule has 14 heavy (non-hydrogen) atoms. The van der Waals surface area contributed by atoms with Gasteiger partial charge in [0.1, 0.15) is 0 Å². The van der Waals surface area contributed by atoms with Crippen LogP contribution >= 0.6 is 11.8 Å². The number of hydrogen-bond acceptors (Lipinski definition) is 3. The van der Waals surface area contributed by atoms with Crippen LogP contribution < -0.4 is 5.73 Å². The molecule has 2 fully saturated rings. The number of aliphatic carboxylic acids is 1. The van der Waals surface area contributed by atoms with Crippen LogP contribution in [0.5, 0.6) is 0 Å². The molecule has 3 unspecified atom stereocenters. The maximum absolute atomic E-state index is 10.6. The second kappa shape index (κ2) is 3.74. The summed E-state index contributed by atoms with van der Waals surface area (Å²) in [6.45, 7) is 0. The molecule has 0 aromatic heterocycles. The van der Waals surface area contributed by atoms with Gasteiger partial charge in [-0.1, -0.05) is 0 Å². The Morgan fingerprint density at radius 1 is 1.57 bits per heavy atom. The fraction of sp³-hybridized carbons (Fsp3) is 0.900. The zero-order valence-corrected chi connectivity index (χ0v) is 9.05. The fourth-order valence-corrected chi connectivity index (χ4v) is 4.54. The van der Waals surface area contributed by atoms with Gasteiger partial charge in [-0.2, -0.15) is 11.8 Å². The van der Waals surface area contributed by atoms with E-state index in [1.807, 2.05) is 11.8 Å². The minimum Gasteiger partial charge on any atom is -0.481 e. The number of carboxylic acids is 1. The molecule has 0 amide bonds. The molecule has 3 nitrogen and oxygen atoms in total. The van der Waals surface area contributed by atoms with Crippen molar-refractivity contribution in [3.63, 3.8) is 0 Å². The van der Waals surface area contributed by atoms with Crippen LogP contribution in [0, 0.1) is 5.92 Å². The van der Waals surface area contributed by atoms with Crippen molar-refractivity contribution in [1.29, 1.82) is 0 Å². The third-order valence-electron chi connectivity index (χ3n) is 3.35. The van der Waals surface area contributed by atoms with Crippen molar-refractivity contribution in [2.45, 2.75) is 42.9 Å². The predicted molar refractivity (Wildman–Crippen MR) is 57.4 cm³/mol. The van der Waals surface area contributed by atoms with Crippen molar-refractivity contribution in [3.05, 3.63) is 0 Å². The molecule has 0 aromatic carbocycles. The van der Waals surface area contributed by atoms with Gasteiger partial charge < -0.3 is 10.8 Å². The second-order valence-electron chi connectivity index (χ2n) is 4.66. The van der Waals surface area contributed by atoms with Gasteiger partial charge in [-0.25, -0.2) is 0 Å². The van der Waals surface area contributed by atoms with E-state index < -0.39 is 5.97 Å². The van der Waals surface area contributed by atoms with Crippen LogP contribution in [-0.4, -0.2) is 27.6 Å². The van der Waals surface area contributed by atoms with Crippen LogP contribution in [0.3, 0.4) is 0 Å². The van der Waals surface area contributed by atoms with Crippen molar-refractivity contribution in [1.82, 2.24) is 0 Å². The molecule has 1 saturated heterocycles. The fourth-order valence-electron chi connectivity index (χ4n) is 2.76. The lowest BCUT2D eigenvalue weighted by Crippen LogP contribution is -2.23. The first kappa shape index (κ1) is 10.3. The van der Waals surface area contributed by atoms with E-state index in [1.54, 1.807) is 0 Å². The summed E-state index contributed by atoms with van der Waals surface area (Å²) in [5, 5.41) is 8.72. The second-order valence-corrected chi connectivity index (χ2v) is 6.15. The van der Waals surface area contributed by atoms with Crippen LogP contribution in [0.15, 0.2) is 0 Å². The van der Waals surface area contributed by atoms with Gasteiger partial charge >= 0.3 is 5.97 Å². The van der Waals surface area contributed by atoms with Crippen molar-refractivity contribution < 1.29 is 9.90 Å². The molecule has 1 saturated carbocycles. The first-order valence-electron chi connectivity index (χ1n) is 5.21. The summed E-state index contributed by atoms with van der Waals surface area (Å²) in [4.78, 5) is 10.6. The summed E-state index contributed by atoms with van der Waals surface area (Å²) in [6.07, 6.45) is 4.80. The van der Waals surface area contributed by atoms with Crippen LogP contribution in [0.1, 0.15) is 32.1 Å². The molecule has 0 aromatic rings. The molecule has 0 bridgehead atoms. The lowest BCUT2D eigenvalue weighted by Gasteiger charge is -2.21. The summed E-state index contributed by atoms with van der Waals surface area (Å²) >= 11 is 1.96. The van der Waals surface area contributed by atoms with Gasteiger partial charge in [-0.3, -0.25) is 4.79 Å². The van der Waals surface area contributed by atoms with Crippen LogP contribution in [0.4, 0.5) is 0 Å². The third-order valence-corrected chi connectivity index (χ3v) is 5.14. The Balaban J connectivity index is 1.91. The molecule has 3 N–H and O–H groups in total. The smallest absolute Gasteiger partial charge is 0.303 e.